The molecule has 1 aromatic rings. The predicted octanol–water partition coefficient (Wildman–Crippen LogP) is -2.44. The van der Waals surface area contributed by atoms with Gasteiger partial charge >= 0.3 is 6.03 Å². The zero-order chi connectivity index (χ0) is 8.10. The molecule has 0 aliphatic heterocycles. The van der Waals surface area contributed by atoms with Crippen LogP contribution >= 0.6 is 0 Å². The molecule has 1 aromatic heterocycles. The lowest BCUT2D eigenvalue weighted by Gasteiger charge is -1.93. The highest BCUT2D eigenvalue weighted by Gasteiger charge is 2.07. The lowest BCUT2D eigenvalue weighted by molar-refractivity contribution is -0.572. The molecule has 0 aromatic carbocycles. The number of hydrogen-bond donors (Lipinski definition) is 1. The van der Waals surface area contributed by atoms with Gasteiger partial charge in [0.1, 0.15) is 0 Å². The average molecular weight is 187 g/mol. The number of pyridine rings is 1. The minimum absolute atomic E-state index is 0. The number of nitrogens with zero attached hydrogens (tertiary/aromatic N) is 1. The highest BCUT2D eigenvalue weighted by Crippen LogP contribution is 1.75. The van der Waals surface area contributed by atoms with Crippen LogP contribution in [0.4, 0.5) is 4.79 Å². The van der Waals surface area contributed by atoms with E-state index in [1.807, 2.05) is 25.1 Å². The van der Waals surface area contributed by atoms with Crippen molar-refractivity contribution in [3.05, 3.63) is 30.6 Å². The van der Waals surface area contributed by atoms with E-state index >= 15 is 0 Å². The van der Waals surface area contributed by atoms with Crippen LogP contribution in [0.25, 0.3) is 0 Å². The van der Waals surface area contributed by atoms with Crippen LogP contribution in [0.1, 0.15) is 6.92 Å². The monoisotopic (exact) mass is 186 g/mol. The van der Waals surface area contributed by atoms with Crippen molar-refractivity contribution in [2.24, 2.45) is 0 Å². The average Bonchev–Trinajstić information content (AvgIpc) is 2.07. The highest BCUT2D eigenvalue weighted by atomic mass is 35.5. The standard InChI is InChI=1S/C8H10N2O.ClH/c1-2-9-8(11)10-6-4-3-5-7-10;/h3-7H,2H2,1H3;1H. The first-order chi connectivity index (χ1) is 5.34. The molecule has 4 heteroatoms. The molecule has 1 amide bonds. The van der Waals surface area contributed by atoms with Crippen molar-refractivity contribution >= 4 is 6.03 Å². The van der Waals surface area contributed by atoms with Crippen LogP contribution in [0, 0.1) is 0 Å². The largest absolute Gasteiger partial charge is 1.00 e. The fourth-order valence-electron chi connectivity index (χ4n) is 0.777. The van der Waals surface area contributed by atoms with E-state index < -0.39 is 0 Å². The Morgan fingerprint density at radius 3 is 2.42 bits per heavy atom. The summed E-state index contributed by atoms with van der Waals surface area (Å²) in [5, 5.41) is 2.69. The molecular weight excluding hydrogens is 176 g/mol. The van der Waals surface area contributed by atoms with Gasteiger partial charge in [-0.1, -0.05) is 6.07 Å². The molecule has 3 nitrogen and oxygen atoms in total. The lowest BCUT2D eigenvalue weighted by atomic mass is 10.5. The van der Waals surface area contributed by atoms with Crippen molar-refractivity contribution in [1.82, 2.24) is 5.32 Å². The maximum atomic E-state index is 11.1. The number of amides is 1. The quantitative estimate of drug-likeness (QED) is 0.486. The molecule has 0 aliphatic carbocycles. The third kappa shape index (κ3) is 2.88. The van der Waals surface area contributed by atoms with E-state index in [1.165, 1.54) is 4.57 Å². The summed E-state index contributed by atoms with van der Waals surface area (Å²) < 4.78 is 1.50. The lowest BCUT2D eigenvalue weighted by Crippen LogP contribution is -3.00. The summed E-state index contributed by atoms with van der Waals surface area (Å²) in [5.41, 5.74) is 0. The van der Waals surface area contributed by atoms with Crippen molar-refractivity contribution in [3.63, 3.8) is 0 Å². The summed E-state index contributed by atoms with van der Waals surface area (Å²) >= 11 is 0. The molecule has 0 unspecified atom stereocenters. The second kappa shape index (κ2) is 5.55. The number of carbonyl (C=O) groups is 1. The molecule has 1 heterocycles. The number of halogens is 1. The smallest absolute Gasteiger partial charge is 0.495 e. The normalized spacial score (nSPS) is 8.42. The Bertz CT molecular complexity index is 238. The van der Waals surface area contributed by atoms with Crippen LogP contribution in [0.5, 0.6) is 0 Å². The fraction of sp³-hybridized carbons (Fsp3) is 0.250. The van der Waals surface area contributed by atoms with Gasteiger partial charge in [0.25, 0.3) is 0 Å². The zero-order valence-electron chi connectivity index (χ0n) is 6.83. The highest BCUT2D eigenvalue weighted by molar-refractivity contribution is 5.63. The van der Waals surface area contributed by atoms with Crippen molar-refractivity contribution in [2.75, 3.05) is 6.54 Å². The molecule has 0 aliphatic rings. The molecular formula is C8H11ClN2O. The third-order valence-electron chi connectivity index (χ3n) is 1.28. The molecule has 0 atom stereocenters. The van der Waals surface area contributed by atoms with Gasteiger partial charge in [0, 0.05) is 0 Å². The Morgan fingerprint density at radius 1 is 1.33 bits per heavy atom. The molecule has 0 radical (unpaired) electrons. The first kappa shape index (κ1) is 10.9. The zero-order valence-corrected chi connectivity index (χ0v) is 7.58. The van der Waals surface area contributed by atoms with Crippen LogP contribution in [0.2, 0.25) is 0 Å². The van der Waals surface area contributed by atoms with E-state index in [4.69, 9.17) is 0 Å². The third-order valence-corrected chi connectivity index (χ3v) is 1.28. The molecule has 0 saturated heterocycles. The summed E-state index contributed by atoms with van der Waals surface area (Å²) in [4.78, 5) is 11.1. The van der Waals surface area contributed by atoms with Crippen molar-refractivity contribution in [3.8, 4) is 0 Å². The molecule has 66 valence electrons. The van der Waals surface area contributed by atoms with Crippen molar-refractivity contribution in [2.45, 2.75) is 6.92 Å². The molecule has 0 spiro atoms. The van der Waals surface area contributed by atoms with Gasteiger partial charge in [0.15, 0.2) is 0 Å². The van der Waals surface area contributed by atoms with Gasteiger partial charge in [-0.2, -0.15) is 9.36 Å². The number of hydrogen-bond acceptors (Lipinski definition) is 1. The summed E-state index contributed by atoms with van der Waals surface area (Å²) in [6, 6.07) is 5.41. The van der Waals surface area contributed by atoms with E-state index in [0.717, 1.165) is 0 Å². The summed E-state index contributed by atoms with van der Waals surface area (Å²) in [6.07, 6.45) is 3.43. The Kier molecular flexibility index (Phi) is 5.04. The van der Waals surface area contributed by atoms with Crippen molar-refractivity contribution < 1.29 is 21.8 Å². The van der Waals surface area contributed by atoms with Crippen LogP contribution in [-0.2, 0) is 0 Å². The number of rotatable bonds is 1. The summed E-state index contributed by atoms with van der Waals surface area (Å²) in [5.74, 6) is 0. The van der Waals surface area contributed by atoms with Gasteiger partial charge in [0.05, 0.1) is 18.9 Å². The van der Waals surface area contributed by atoms with E-state index in [2.05, 4.69) is 5.32 Å². The summed E-state index contributed by atoms with van der Waals surface area (Å²) in [6.45, 7) is 2.54. The van der Waals surface area contributed by atoms with Crippen LogP contribution in [-0.4, -0.2) is 12.6 Å². The van der Waals surface area contributed by atoms with Crippen LogP contribution in [0.15, 0.2) is 30.6 Å². The second-order valence-electron chi connectivity index (χ2n) is 2.12. The molecule has 0 saturated carbocycles. The summed E-state index contributed by atoms with van der Waals surface area (Å²) in [7, 11) is 0. The molecule has 12 heavy (non-hydrogen) atoms. The van der Waals surface area contributed by atoms with Crippen LogP contribution in [0.3, 0.4) is 0 Å². The number of nitrogens with one attached hydrogen (secondary N) is 1. The Morgan fingerprint density at radius 2 is 1.92 bits per heavy atom. The van der Waals surface area contributed by atoms with Gasteiger partial charge in [-0.25, -0.2) is 5.32 Å². The predicted molar refractivity (Wildman–Crippen MR) is 41.1 cm³/mol. The Hall–Kier alpha value is -1.09. The number of carbonyl (C=O) groups excluding carboxylic acids is 1. The van der Waals surface area contributed by atoms with E-state index in [-0.39, 0.29) is 18.4 Å². The van der Waals surface area contributed by atoms with Crippen molar-refractivity contribution in [1.29, 1.82) is 0 Å². The first-order valence-electron chi connectivity index (χ1n) is 3.59. The van der Waals surface area contributed by atoms with E-state index in [1.54, 1.807) is 12.4 Å². The molecule has 1 rings (SSSR count). The second-order valence-corrected chi connectivity index (χ2v) is 2.12. The SMILES string of the molecule is CCNC(=O)[n+]1ccccc1.[Cl-]. The maximum absolute atomic E-state index is 11.1. The van der Waals surface area contributed by atoms with Gasteiger partial charge in [0.2, 0.25) is 0 Å². The Balaban J connectivity index is 0.00000121. The van der Waals surface area contributed by atoms with Gasteiger partial charge in [-0.05, 0) is 19.1 Å². The first-order valence-corrected chi connectivity index (χ1v) is 3.59. The van der Waals surface area contributed by atoms with Gasteiger partial charge < -0.3 is 12.4 Å². The van der Waals surface area contributed by atoms with Gasteiger partial charge in [-0.3, -0.25) is 0 Å². The van der Waals surface area contributed by atoms with E-state index in [9.17, 15) is 4.79 Å². The number of aromatic nitrogens is 1. The van der Waals surface area contributed by atoms with Gasteiger partial charge in [-0.15, -0.1) is 0 Å². The topological polar surface area (TPSA) is 33.0 Å². The fourth-order valence-corrected chi connectivity index (χ4v) is 0.777. The maximum Gasteiger partial charge on any atom is 0.495 e. The molecule has 0 fully saturated rings. The molecule has 0 bridgehead atoms. The Labute approximate surface area is 77.8 Å². The minimum Gasteiger partial charge on any atom is -1.00 e. The molecule has 1 N–H and O–H groups in total. The van der Waals surface area contributed by atoms with Crippen LogP contribution < -0.4 is 22.3 Å². The minimum atomic E-state index is -0.0897. The van der Waals surface area contributed by atoms with E-state index in [0.29, 0.717) is 6.54 Å².